The fourth-order valence-corrected chi connectivity index (χ4v) is 7.16. The van der Waals surface area contributed by atoms with Crippen LogP contribution in [0, 0.1) is 5.92 Å². The van der Waals surface area contributed by atoms with Crippen molar-refractivity contribution in [3.05, 3.63) is 135 Å². The minimum absolute atomic E-state index is 0.249. The predicted octanol–water partition coefficient (Wildman–Crippen LogP) is 6.85. The van der Waals surface area contributed by atoms with E-state index in [9.17, 15) is 14.4 Å². The van der Waals surface area contributed by atoms with E-state index in [0.29, 0.717) is 21.8 Å². The van der Waals surface area contributed by atoms with Crippen LogP contribution in [0.5, 0.6) is 0 Å². The van der Waals surface area contributed by atoms with Gasteiger partial charge >= 0.3 is 0 Å². The summed E-state index contributed by atoms with van der Waals surface area (Å²) < 4.78 is 0. The minimum Gasteiger partial charge on any atom is -0.352 e. The number of halogens is 2. The number of ketones is 2. The molecule has 4 atom stereocenters. The van der Waals surface area contributed by atoms with Crippen molar-refractivity contribution in [2.24, 2.45) is 5.92 Å². The van der Waals surface area contributed by atoms with Crippen LogP contribution in [-0.4, -0.2) is 29.6 Å². The van der Waals surface area contributed by atoms with Crippen LogP contribution in [0.4, 0.5) is 11.4 Å². The quantitative estimate of drug-likeness (QED) is 0.275. The molecule has 7 heteroatoms. The summed E-state index contributed by atoms with van der Waals surface area (Å²) in [6.07, 6.45) is 3.84. The number of rotatable bonds is 4. The maximum Gasteiger partial charge on any atom is 0.238 e. The Morgan fingerprint density at radius 1 is 0.825 bits per heavy atom. The molecule has 4 aromatic carbocycles. The Morgan fingerprint density at radius 3 is 2.35 bits per heavy atom. The molecule has 7 rings (SSSR count). The van der Waals surface area contributed by atoms with Crippen molar-refractivity contribution >= 4 is 58.1 Å². The molecule has 196 valence electrons. The fraction of sp³-hybridized carbons (Fsp3) is 0.121. The highest BCUT2D eigenvalue weighted by atomic mass is 35.5. The molecule has 3 heterocycles. The predicted molar refractivity (Wildman–Crippen MR) is 157 cm³/mol. The molecule has 0 saturated carbocycles. The Hall–Kier alpha value is -4.19. The second-order valence-electron chi connectivity index (χ2n) is 10.3. The molecule has 3 aliphatic heterocycles. The van der Waals surface area contributed by atoms with E-state index >= 15 is 0 Å². The Labute approximate surface area is 241 Å². The molecule has 0 bridgehead atoms. The molecule has 40 heavy (non-hydrogen) atoms. The molecule has 0 aromatic heterocycles. The molecule has 0 aliphatic carbocycles. The monoisotopic (exact) mass is 564 g/mol. The third-order valence-corrected chi connectivity index (χ3v) is 8.91. The van der Waals surface area contributed by atoms with Gasteiger partial charge in [0.1, 0.15) is 11.5 Å². The number of Topliss-reactive ketones (excluding diaryl/α,β-unsaturated/α-hetero) is 2. The van der Waals surface area contributed by atoms with E-state index in [4.69, 9.17) is 23.2 Å². The van der Waals surface area contributed by atoms with E-state index in [0.717, 1.165) is 11.3 Å². The van der Waals surface area contributed by atoms with Gasteiger partial charge in [-0.2, -0.15) is 0 Å². The summed E-state index contributed by atoms with van der Waals surface area (Å²) in [5.74, 6) is -2.01. The second-order valence-corrected chi connectivity index (χ2v) is 11.1. The summed E-state index contributed by atoms with van der Waals surface area (Å²) in [6, 6.07) is 26.9. The zero-order valence-electron chi connectivity index (χ0n) is 21.1. The van der Waals surface area contributed by atoms with Gasteiger partial charge in [0.05, 0.1) is 17.0 Å². The first-order valence-electron chi connectivity index (χ1n) is 13.0. The summed E-state index contributed by atoms with van der Waals surface area (Å²) in [6.45, 7) is 0. The highest BCUT2D eigenvalue weighted by Gasteiger charge is 2.70. The largest absolute Gasteiger partial charge is 0.352 e. The molecule has 3 aliphatic rings. The van der Waals surface area contributed by atoms with Gasteiger partial charge in [0, 0.05) is 27.5 Å². The van der Waals surface area contributed by atoms with Gasteiger partial charge in [-0.3, -0.25) is 14.4 Å². The number of benzene rings is 4. The molecule has 4 aromatic rings. The Bertz CT molecular complexity index is 1750. The number of nitrogens with zero attached hydrogens (tertiary/aromatic N) is 1. The fourth-order valence-electron chi connectivity index (χ4n) is 6.75. The number of anilines is 2. The zero-order chi connectivity index (χ0) is 27.6. The molecule has 1 saturated heterocycles. The van der Waals surface area contributed by atoms with E-state index in [1.807, 2.05) is 59.5 Å². The maximum atomic E-state index is 14.8. The first-order valence-corrected chi connectivity index (χ1v) is 13.7. The van der Waals surface area contributed by atoms with Crippen LogP contribution in [0.15, 0.2) is 103 Å². The smallest absolute Gasteiger partial charge is 0.238 e. The van der Waals surface area contributed by atoms with Crippen LogP contribution in [-0.2, 0) is 10.2 Å². The van der Waals surface area contributed by atoms with Crippen LogP contribution >= 0.6 is 23.2 Å². The van der Waals surface area contributed by atoms with Crippen LogP contribution in [0.3, 0.4) is 0 Å². The SMILES string of the molecule is O=C(c1ccccc1)[C@@H]1[C@H](C(=O)c2ccccc2Cl)[C@]2(C(=O)Nc3ccccc32)[C@H]2C=Cc3cc(Cl)ccc3N12. The summed E-state index contributed by atoms with van der Waals surface area (Å²) in [5.41, 5.74) is 2.20. The van der Waals surface area contributed by atoms with E-state index in [2.05, 4.69) is 5.32 Å². The average Bonchev–Trinajstić information content (AvgIpc) is 3.45. The first kappa shape index (κ1) is 24.8. The molecule has 1 fully saturated rings. The van der Waals surface area contributed by atoms with Crippen molar-refractivity contribution in [2.45, 2.75) is 17.5 Å². The number of amides is 1. The van der Waals surface area contributed by atoms with Gasteiger partial charge in [0.15, 0.2) is 11.6 Å². The molecule has 5 nitrogen and oxygen atoms in total. The van der Waals surface area contributed by atoms with E-state index in [-0.39, 0.29) is 28.1 Å². The number of para-hydroxylation sites is 1. The lowest BCUT2D eigenvalue weighted by molar-refractivity contribution is -0.121. The lowest BCUT2D eigenvalue weighted by Crippen LogP contribution is -2.51. The Kier molecular flexibility index (Phi) is 5.70. The summed E-state index contributed by atoms with van der Waals surface area (Å²) in [4.78, 5) is 45.6. The summed E-state index contributed by atoms with van der Waals surface area (Å²) in [7, 11) is 0. The molecule has 0 radical (unpaired) electrons. The molecule has 1 amide bonds. The van der Waals surface area contributed by atoms with Gasteiger partial charge in [-0.05, 0) is 47.5 Å². The third-order valence-electron chi connectivity index (χ3n) is 8.34. The van der Waals surface area contributed by atoms with Gasteiger partial charge in [0.2, 0.25) is 5.91 Å². The number of fused-ring (bicyclic) bond motifs is 6. The number of nitrogens with one attached hydrogen (secondary N) is 1. The molecule has 0 unspecified atom stereocenters. The summed E-state index contributed by atoms with van der Waals surface area (Å²) >= 11 is 12.9. The lowest BCUT2D eigenvalue weighted by Gasteiger charge is -2.37. The zero-order valence-corrected chi connectivity index (χ0v) is 22.6. The van der Waals surface area contributed by atoms with Crippen LogP contribution in [0.1, 0.15) is 31.8 Å². The number of hydrogen-bond donors (Lipinski definition) is 1. The lowest BCUT2D eigenvalue weighted by atomic mass is 9.64. The highest BCUT2D eigenvalue weighted by Crippen LogP contribution is 2.58. The van der Waals surface area contributed by atoms with Crippen LogP contribution < -0.4 is 10.2 Å². The molecular formula is C33H22Cl2N2O3. The first-order chi connectivity index (χ1) is 19.4. The Morgan fingerprint density at radius 2 is 1.55 bits per heavy atom. The number of carbonyl (C=O) groups excluding carboxylic acids is 3. The topological polar surface area (TPSA) is 66.5 Å². The van der Waals surface area contributed by atoms with Crippen molar-refractivity contribution < 1.29 is 14.4 Å². The van der Waals surface area contributed by atoms with Crippen molar-refractivity contribution in [3.63, 3.8) is 0 Å². The molecule has 1 N–H and O–H groups in total. The van der Waals surface area contributed by atoms with Crippen molar-refractivity contribution in [3.8, 4) is 0 Å². The van der Waals surface area contributed by atoms with Crippen LogP contribution in [0.2, 0.25) is 10.0 Å². The number of hydrogen-bond acceptors (Lipinski definition) is 4. The van der Waals surface area contributed by atoms with Crippen molar-refractivity contribution in [1.29, 1.82) is 0 Å². The van der Waals surface area contributed by atoms with Gasteiger partial charge in [0.25, 0.3) is 0 Å². The minimum atomic E-state index is -1.39. The van der Waals surface area contributed by atoms with E-state index < -0.39 is 23.4 Å². The second kappa shape index (κ2) is 9.19. The van der Waals surface area contributed by atoms with Gasteiger partial charge in [-0.25, -0.2) is 0 Å². The van der Waals surface area contributed by atoms with E-state index in [1.165, 1.54) is 0 Å². The maximum absolute atomic E-state index is 14.8. The Balaban J connectivity index is 1.56. The van der Waals surface area contributed by atoms with E-state index in [1.54, 1.807) is 54.6 Å². The normalized spacial score (nSPS) is 23.9. The van der Waals surface area contributed by atoms with Crippen molar-refractivity contribution in [1.82, 2.24) is 0 Å². The van der Waals surface area contributed by atoms with Gasteiger partial charge in [-0.15, -0.1) is 0 Å². The highest BCUT2D eigenvalue weighted by molar-refractivity contribution is 6.34. The van der Waals surface area contributed by atoms with Crippen molar-refractivity contribution in [2.75, 3.05) is 10.2 Å². The third kappa shape index (κ3) is 3.38. The molecule has 1 spiro atoms. The van der Waals surface area contributed by atoms with Gasteiger partial charge < -0.3 is 10.2 Å². The molecular weight excluding hydrogens is 543 g/mol. The number of carbonyl (C=O) groups is 3. The van der Waals surface area contributed by atoms with Gasteiger partial charge in [-0.1, -0.05) is 96.0 Å². The summed E-state index contributed by atoms with van der Waals surface area (Å²) in [5, 5.41) is 3.85. The average molecular weight is 565 g/mol. The van der Waals surface area contributed by atoms with Crippen LogP contribution in [0.25, 0.3) is 6.08 Å². The standard InChI is InChI=1S/C33H22Cl2N2O3/c34-21-15-16-26-20(18-21)14-17-27-33(23-11-5-7-13-25(23)36-32(33)40)28(31(39)22-10-4-6-12-24(22)35)29(37(26)27)30(38)19-8-2-1-3-9-19/h1-18,27-29H,(H,36,40)/t27-,28-,29+,33-/m1/s1.